The second kappa shape index (κ2) is 10.5. The molecule has 3 nitrogen and oxygen atoms in total. The largest absolute Gasteiger partial charge is 0.326 e. The highest BCUT2D eigenvalue weighted by molar-refractivity contribution is 9.10. The summed E-state index contributed by atoms with van der Waals surface area (Å²) in [6.45, 7) is 2.13. The Labute approximate surface area is 193 Å². The lowest BCUT2D eigenvalue weighted by Crippen LogP contribution is -2.15. The molecule has 0 fully saturated rings. The van der Waals surface area contributed by atoms with Crippen LogP contribution in [-0.4, -0.2) is 16.6 Å². The van der Waals surface area contributed by atoms with Gasteiger partial charge in [0.15, 0.2) is 0 Å². The number of anilines is 1. The summed E-state index contributed by atoms with van der Waals surface area (Å²) in [7, 11) is 0. The Morgan fingerprint density at radius 2 is 1.97 bits per heavy atom. The van der Waals surface area contributed by atoms with Crippen LogP contribution in [0.15, 0.2) is 64.1 Å². The molecule has 0 spiro atoms. The molecule has 29 heavy (non-hydrogen) atoms. The van der Waals surface area contributed by atoms with Gasteiger partial charge < -0.3 is 5.32 Å². The van der Waals surface area contributed by atoms with Crippen LogP contribution < -0.4 is 5.32 Å². The highest BCUT2D eigenvalue weighted by atomic mass is 79.9. The molecule has 0 saturated heterocycles. The summed E-state index contributed by atoms with van der Waals surface area (Å²) in [5.74, 6) is 0.843. The van der Waals surface area contributed by atoms with E-state index in [1.807, 2.05) is 12.1 Å². The fourth-order valence-electron chi connectivity index (χ4n) is 2.87. The van der Waals surface area contributed by atoms with Crippen LogP contribution in [0.4, 0.5) is 5.69 Å². The Morgan fingerprint density at radius 1 is 1.21 bits per heavy atom. The van der Waals surface area contributed by atoms with Crippen molar-refractivity contribution in [3.8, 4) is 0 Å². The first kappa shape index (κ1) is 22.2. The molecule has 7 heteroatoms. The van der Waals surface area contributed by atoms with Crippen LogP contribution in [0.25, 0.3) is 5.57 Å². The lowest BCUT2D eigenvalue weighted by atomic mass is 10.0. The van der Waals surface area contributed by atoms with Crippen molar-refractivity contribution in [3.05, 3.63) is 85.4 Å². The molecule has 0 atom stereocenters. The molecule has 3 rings (SSSR count). The van der Waals surface area contributed by atoms with Gasteiger partial charge in [-0.1, -0.05) is 48.4 Å². The number of rotatable bonds is 6. The van der Waals surface area contributed by atoms with Crippen molar-refractivity contribution in [3.63, 3.8) is 0 Å². The predicted molar refractivity (Wildman–Crippen MR) is 129 cm³/mol. The first-order valence-electron chi connectivity index (χ1n) is 9.07. The Kier molecular flexibility index (Phi) is 8.01. The fourth-order valence-corrected chi connectivity index (χ4v) is 4.52. The Morgan fingerprint density at radius 3 is 2.62 bits per heavy atom. The van der Waals surface area contributed by atoms with Gasteiger partial charge in [-0.05, 0) is 64.0 Å². The summed E-state index contributed by atoms with van der Waals surface area (Å²) < 4.78 is 0.869. The van der Waals surface area contributed by atoms with Gasteiger partial charge in [-0.2, -0.15) is 0 Å². The highest BCUT2D eigenvalue weighted by Crippen LogP contribution is 2.36. The van der Waals surface area contributed by atoms with Gasteiger partial charge in [0.25, 0.3) is 0 Å². The van der Waals surface area contributed by atoms with Crippen molar-refractivity contribution in [2.75, 3.05) is 11.1 Å². The lowest BCUT2D eigenvalue weighted by molar-refractivity contribution is -0.115. The first-order chi connectivity index (χ1) is 14.0. The smallest absolute Gasteiger partial charge is 0.230 e. The molecule has 0 saturated carbocycles. The van der Waals surface area contributed by atoms with Gasteiger partial charge in [-0.3, -0.25) is 9.78 Å². The van der Waals surface area contributed by atoms with E-state index >= 15 is 0 Å². The average molecular weight is 510 g/mol. The Balaban J connectivity index is 1.74. The zero-order valence-corrected chi connectivity index (χ0v) is 19.6. The molecule has 1 heterocycles. The van der Waals surface area contributed by atoms with Crippen LogP contribution >= 0.6 is 50.9 Å². The van der Waals surface area contributed by atoms with E-state index in [0.717, 1.165) is 27.8 Å². The van der Waals surface area contributed by atoms with E-state index in [1.54, 1.807) is 36.2 Å². The van der Waals surface area contributed by atoms with E-state index in [2.05, 4.69) is 51.4 Å². The molecule has 0 bridgehead atoms. The summed E-state index contributed by atoms with van der Waals surface area (Å²) in [6.07, 6.45) is 11.1. The highest BCUT2D eigenvalue weighted by Gasteiger charge is 2.14. The molecule has 1 aliphatic rings. The van der Waals surface area contributed by atoms with Crippen LogP contribution in [0.1, 0.15) is 24.6 Å². The van der Waals surface area contributed by atoms with Crippen molar-refractivity contribution < 1.29 is 4.79 Å². The van der Waals surface area contributed by atoms with Crippen LogP contribution in [0, 0.1) is 0 Å². The topological polar surface area (TPSA) is 42.0 Å². The van der Waals surface area contributed by atoms with Crippen LogP contribution in [0.3, 0.4) is 0 Å². The SMILES string of the molecule is CCSC1=CCC=C(c2c(Cl)cc(NC(=O)Cc3ccc(Br)cn3)cc2Cl)C=C1. The van der Waals surface area contributed by atoms with E-state index in [1.165, 1.54) is 4.91 Å². The van der Waals surface area contributed by atoms with Crippen molar-refractivity contribution in [1.29, 1.82) is 0 Å². The third-order valence-electron chi connectivity index (χ3n) is 4.14. The summed E-state index contributed by atoms with van der Waals surface area (Å²) in [6, 6.07) is 7.11. The molecule has 0 unspecified atom stereocenters. The second-order valence-corrected chi connectivity index (χ2v) is 9.34. The number of aromatic nitrogens is 1. The number of hydrogen-bond acceptors (Lipinski definition) is 3. The molecule has 1 amide bonds. The van der Waals surface area contributed by atoms with Gasteiger partial charge in [0.2, 0.25) is 5.91 Å². The number of allylic oxidation sites excluding steroid dienone is 5. The minimum absolute atomic E-state index is 0.168. The number of pyridine rings is 1. The molecular weight excluding hydrogens is 491 g/mol. The molecule has 1 N–H and O–H groups in total. The molecular formula is C22H19BrCl2N2OS. The molecule has 0 radical (unpaired) electrons. The molecule has 0 aliphatic heterocycles. The fraction of sp³-hybridized carbons (Fsp3) is 0.182. The van der Waals surface area contributed by atoms with Gasteiger partial charge >= 0.3 is 0 Å². The zero-order valence-electron chi connectivity index (χ0n) is 15.7. The van der Waals surface area contributed by atoms with E-state index in [-0.39, 0.29) is 12.3 Å². The van der Waals surface area contributed by atoms with E-state index in [4.69, 9.17) is 23.2 Å². The van der Waals surface area contributed by atoms with Crippen molar-refractivity contribution in [2.24, 2.45) is 0 Å². The normalized spacial score (nSPS) is 13.5. The summed E-state index contributed by atoms with van der Waals surface area (Å²) >= 11 is 18.2. The number of carbonyl (C=O) groups excluding carboxylic acids is 1. The van der Waals surface area contributed by atoms with Crippen molar-refractivity contribution in [2.45, 2.75) is 19.8 Å². The minimum Gasteiger partial charge on any atom is -0.326 e. The molecule has 1 aromatic heterocycles. The van der Waals surface area contributed by atoms with Gasteiger partial charge in [0.1, 0.15) is 0 Å². The molecule has 1 aromatic carbocycles. The lowest BCUT2D eigenvalue weighted by Gasteiger charge is -2.12. The predicted octanol–water partition coefficient (Wildman–Crippen LogP) is 7.31. The maximum absolute atomic E-state index is 12.3. The Bertz CT molecular complexity index is 977. The average Bonchev–Trinajstić information content (AvgIpc) is 2.89. The number of hydrogen-bond donors (Lipinski definition) is 1. The monoisotopic (exact) mass is 508 g/mol. The third kappa shape index (κ3) is 6.22. The first-order valence-corrected chi connectivity index (χ1v) is 11.6. The van der Waals surface area contributed by atoms with E-state index in [9.17, 15) is 4.79 Å². The van der Waals surface area contributed by atoms with Gasteiger partial charge in [0, 0.05) is 32.5 Å². The summed E-state index contributed by atoms with van der Waals surface area (Å²) in [5.41, 5.74) is 2.99. The number of nitrogens with zero attached hydrogens (tertiary/aromatic N) is 1. The van der Waals surface area contributed by atoms with Crippen LogP contribution in [0.5, 0.6) is 0 Å². The molecule has 150 valence electrons. The van der Waals surface area contributed by atoms with Crippen molar-refractivity contribution >= 4 is 68.1 Å². The number of amides is 1. The van der Waals surface area contributed by atoms with Gasteiger partial charge in [-0.15, -0.1) is 11.8 Å². The summed E-state index contributed by atoms with van der Waals surface area (Å²) in [4.78, 5) is 17.8. The number of benzene rings is 1. The number of halogens is 3. The molecule has 1 aliphatic carbocycles. The molecule has 2 aromatic rings. The van der Waals surface area contributed by atoms with Gasteiger partial charge in [-0.25, -0.2) is 0 Å². The van der Waals surface area contributed by atoms with Crippen molar-refractivity contribution in [1.82, 2.24) is 4.98 Å². The zero-order chi connectivity index (χ0) is 20.8. The maximum Gasteiger partial charge on any atom is 0.230 e. The quantitative estimate of drug-likeness (QED) is 0.443. The second-order valence-electron chi connectivity index (χ2n) is 6.28. The van der Waals surface area contributed by atoms with Gasteiger partial charge in [0.05, 0.1) is 16.5 Å². The van der Waals surface area contributed by atoms with E-state index in [0.29, 0.717) is 21.4 Å². The van der Waals surface area contributed by atoms with E-state index < -0.39 is 0 Å². The number of nitrogens with one attached hydrogen (secondary N) is 1. The third-order valence-corrected chi connectivity index (χ3v) is 6.13. The minimum atomic E-state index is -0.182. The number of carbonyl (C=O) groups is 1. The summed E-state index contributed by atoms with van der Waals surface area (Å²) in [5, 5.41) is 3.84. The maximum atomic E-state index is 12.3. The number of thioether (sulfide) groups is 1. The standard InChI is InChI=1S/C22H19BrCl2N2OS/c1-2-29-18-5-3-4-14(6-9-18)22-19(24)10-17(11-20(22)25)27-21(28)12-16-8-7-15(23)13-26-16/h4-11,13H,2-3,12H2,1H3,(H,27,28). The van der Waals surface area contributed by atoms with Crippen LogP contribution in [-0.2, 0) is 11.2 Å². The van der Waals surface area contributed by atoms with Crippen LogP contribution in [0.2, 0.25) is 10.0 Å². The Hall–Kier alpha value is -1.53.